The summed E-state index contributed by atoms with van der Waals surface area (Å²) < 4.78 is 23.0. The number of sulfone groups is 1. The van der Waals surface area contributed by atoms with Crippen LogP contribution in [-0.4, -0.2) is 79.6 Å². The Hall–Kier alpha value is -0.660. The Labute approximate surface area is 128 Å². The van der Waals surface area contributed by atoms with Gasteiger partial charge in [-0.15, -0.1) is 0 Å². The number of hydrogen-bond donors (Lipinski definition) is 1. The highest BCUT2D eigenvalue weighted by Gasteiger charge is 2.28. The van der Waals surface area contributed by atoms with Crippen LogP contribution in [0.1, 0.15) is 27.7 Å². The maximum atomic E-state index is 11.9. The second kappa shape index (κ2) is 7.07. The zero-order chi connectivity index (χ0) is 16.3. The zero-order valence-electron chi connectivity index (χ0n) is 13.5. The first-order valence-corrected chi connectivity index (χ1v) is 9.26. The van der Waals surface area contributed by atoms with Crippen LogP contribution in [0.25, 0.3) is 0 Å². The predicted molar refractivity (Wildman–Crippen MR) is 82.8 cm³/mol. The molecule has 0 spiro atoms. The average Bonchev–Trinajstić information content (AvgIpc) is 2.38. The van der Waals surface area contributed by atoms with E-state index in [1.807, 2.05) is 20.8 Å². The number of carbonyl (C=O) groups is 1. The van der Waals surface area contributed by atoms with Crippen molar-refractivity contribution in [2.75, 3.05) is 44.2 Å². The van der Waals surface area contributed by atoms with E-state index in [-0.39, 0.29) is 17.1 Å². The molecule has 0 saturated carbocycles. The van der Waals surface area contributed by atoms with E-state index >= 15 is 0 Å². The maximum Gasteiger partial charge on any atom is 0.237 e. The maximum absolute atomic E-state index is 11.9. The molecule has 0 unspecified atom stereocenters. The van der Waals surface area contributed by atoms with Crippen LogP contribution in [0.2, 0.25) is 0 Å². The molecule has 1 amide bonds. The van der Waals surface area contributed by atoms with E-state index in [1.165, 1.54) is 0 Å². The van der Waals surface area contributed by atoms with Crippen LogP contribution in [-0.2, 0) is 14.6 Å². The van der Waals surface area contributed by atoms with Crippen LogP contribution in [0.3, 0.4) is 0 Å². The van der Waals surface area contributed by atoms with Gasteiger partial charge in [0.15, 0.2) is 9.84 Å². The molecule has 1 aliphatic rings. The number of piperazine rings is 1. The van der Waals surface area contributed by atoms with Crippen molar-refractivity contribution in [2.45, 2.75) is 33.8 Å². The smallest absolute Gasteiger partial charge is 0.237 e. The molecule has 21 heavy (non-hydrogen) atoms. The van der Waals surface area contributed by atoms with Crippen molar-refractivity contribution in [1.29, 1.82) is 0 Å². The third kappa shape index (κ3) is 5.92. The highest BCUT2D eigenvalue weighted by atomic mass is 32.2. The van der Waals surface area contributed by atoms with Gasteiger partial charge in [0.2, 0.25) is 5.91 Å². The number of β-amino-alcohol motifs (C(OH)–C–C–N with tert-alkyl or cyclic N) is 1. The number of amides is 1. The fourth-order valence-corrected chi connectivity index (χ4v) is 2.84. The first-order chi connectivity index (χ1) is 9.55. The Kier molecular flexibility index (Phi) is 6.19. The summed E-state index contributed by atoms with van der Waals surface area (Å²) in [6.07, 6.45) is -0.416. The van der Waals surface area contributed by atoms with Gasteiger partial charge in [-0.3, -0.25) is 9.69 Å². The molecule has 1 N–H and O–H groups in total. The number of aliphatic hydroxyl groups is 1. The first-order valence-electron chi connectivity index (χ1n) is 7.44. The zero-order valence-corrected chi connectivity index (χ0v) is 14.3. The molecule has 0 aromatic heterocycles. The van der Waals surface area contributed by atoms with E-state index in [0.29, 0.717) is 32.7 Å². The summed E-state index contributed by atoms with van der Waals surface area (Å²) in [5, 5.41) is 10.1. The summed E-state index contributed by atoms with van der Waals surface area (Å²) in [4.78, 5) is 15.7. The van der Waals surface area contributed by atoms with Crippen LogP contribution < -0.4 is 0 Å². The SMILES string of the molecule is CCS(=O)(=O)CC(=O)N1CCN(C[C@H](O)C(C)(C)C)CC1. The van der Waals surface area contributed by atoms with Gasteiger partial charge in [0, 0.05) is 38.5 Å². The minimum atomic E-state index is -3.26. The third-order valence-electron chi connectivity index (χ3n) is 3.94. The van der Waals surface area contributed by atoms with Crippen LogP contribution in [0.4, 0.5) is 0 Å². The summed E-state index contributed by atoms with van der Waals surface area (Å²) in [6, 6.07) is 0. The lowest BCUT2D eigenvalue weighted by molar-refractivity contribution is -0.130. The number of nitrogens with zero attached hydrogens (tertiary/aromatic N) is 2. The minimum absolute atomic E-state index is 0.00349. The second-order valence-corrected chi connectivity index (χ2v) is 9.09. The topological polar surface area (TPSA) is 77.9 Å². The molecule has 1 aliphatic heterocycles. The van der Waals surface area contributed by atoms with Crippen molar-refractivity contribution in [3.8, 4) is 0 Å². The van der Waals surface area contributed by atoms with E-state index in [1.54, 1.807) is 11.8 Å². The monoisotopic (exact) mass is 320 g/mol. The molecule has 7 heteroatoms. The predicted octanol–water partition coefficient (Wildman–Crippen LogP) is -0.0277. The van der Waals surface area contributed by atoms with E-state index in [0.717, 1.165) is 0 Å². The Balaban J connectivity index is 2.44. The second-order valence-electron chi connectivity index (χ2n) is 6.74. The van der Waals surface area contributed by atoms with E-state index in [2.05, 4.69) is 4.90 Å². The Morgan fingerprint density at radius 3 is 2.14 bits per heavy atom. The van der Waals surface area contributed by atoms with Gasteiger partial charge in [-0.1, -0.05) is 27.7 Å². The molecular formula is C14H28N2O4S. The quantitative estimate of drug-likeness (QED) is 0.770. The van der Waals surface area contributed by atoms with Gasteiger partial charge in [0.05, 0.1) is 6.10 Å². The Morgan fingerprint density at radius 2 is 1.71 bits per heavy atom. The number of aliphatic hydroxyl groups excluding tert-OH is 1. The molecule has 1 fully saturated rings. The van der Waals surface area contributed by atoms with Gasteiger partial charge in [-0.2, -0.15) is 0 Å². The largest absolute Gasteiger partial charge is 0.391 e. The lowest BCUT2D eigenvalue weighted by atomic mass is 9.89. The van der Waals surface area contributed by atoms with Crippen molar-refractivity contribution in [3.05, 3.63) is 0 Å². The van der Waals surface area contributed by atoms with Crippen LogP contribution in [0.15, 0.2) is 0 Å². The standard InChI is InChI=1S/C14H28N2O4S/c1-5-21(19,20)11-13(18)16-8-6-15(7-9-16)10-12(17)14(2,3)4/h12,17H,5-11H2,1-4H3/t12-/m0/s1. The molecule has 0 aliphatic carbocycles. The van der Waals surface area contributed by atoms with Crippen molar-refractivity contribution >= 4 is 15.7 Å². The summed E-state index contributed by atoms with van der Waals surface area (Å²) in [6.45, 7) is 10.5. The molecule has 1 heterocycles. The van der Waals surface area contributed by atoms with Crippen LogP contribution in [0, 0.1) is 5.41 Å². The number of carbonyl (C=O) groups excluding carboxylic acids is 1. The minimum Gasteiger partial charge on any atom is -0.391 e. The summed E-state index contributed by atoms with van der Waals surface area (Å²) in [7, 11) is -3.26. The molecule has 6 nitrogen and oxygen atoms in total. The van der Waals surface area contributed by atoms with Crippen molar-refractivity contribution in [2.24, 2.45) is 5.41 Å². The lowest BCUT2D eigenvalue weighted by Crippen LogP contribution is -2.52. The molecule has 0 radical (unpaired) electrons. The fourth-order valence-electron chi connectivity index (χ4n) is 2.08. The van der Waals surface area contributed by atoms with Crippen molar-refractivity contribution in [1.82, 2.24) is 9.80 Å². The average molecular weight is 320 g/mol. The van der Waals surface area contributed by atoms with Gasteiger partial charge in [-0.05, 0) is 5.41 Å². The van der Waals surface area contributed by atoms with Gasteiger partial charge < -0.3 is 10.0 Å². The van der Waals surface area contributed by atoms with E-state index in [4.69, 9.17) is 0 Å². The lowest BCUT2D eigenvalue weighted by Gasteiger charge is -2.38. The Bertz CT molecular complexity index is 448. The fraction of sp³-hybridized carbons (Fsp3) is 0.929. The van der Waals surface area contributed by atoms with Crippen molar-refractivity contribution < 1.29 is 18.3 Å². The highest BCUT2D eigenvalue weighted by Crippen LogP contribution is 2.20. The molecule has 0 aromatic rings. The summed E-state index contributed by atoms with van der Waals surface area (Å²) in [5.41, 5.74) is -0.165. The molecule has 1 saturated heterocycles. The molecule has 124 valence electrons. The number of hydrogen-bond acceptors (Lipinski definition) is 5. The van der Waals surface area contributed by atoms with E-state index in [9.17, 15) is 18.3 Å². The van der Waals surface area contributed by atoms with Crippen LogP contribution >= 0.6 is 0 Å². The van der Waals surface area contributed by atoms with Crippen LogP contribution in [0.5, 0.6) is 0 Å². The third-order valence-corrected chi connectivity index (χ3v) is 5.51. The Morgan fingerprint density at radius 1 is 1.19 bits per heavy atom. The van der Waals surface area contributed by atoms with Gasteiger partial charge >= 0.3 is 0 Å². The molecular weight excluding hydrogens is 292 g/mol. The normalized spacial score (nSPS) is 19.6. The first kappa shape index (κ1) is 18.4. The van der Waals surface area contributed by atoms with Gasteiger partial charge in [0.25, 0.3) is 0 Å². The molecule has 0 aromatic carbocycles. The number of rotatable bonds is 5. The molecule has 1 atom stereocenters. The summed E-state index contributed by atoms with van der Waals surface area (Å²) in [5.74, 6) is -0.710. The van der Waals surface area contributed by atoms with E-state index < -0.39 is 21.7 Å². The summed E-state index contributed by atoms with van der Waals surface area (Å²) >= 11 is 0. The van der Waals surface area contributed by atoms with Gasteiger partial charge in [0.1, 0.15) is 5.75 Å². The van der Waals surface area contributed by atoms with Crippen molar-refractivity contribution in [3.63, 3.8) is 0 Å². The van der Waals surface area contributed by atoms with Gasteiger partial charge in [-0.25, -0.2) is 8.42 Å². The highest BCUT2D eigenvalue weighted by molar-refractivity contribution is 7.92. The molecule has 1 rings (SSSR count). The molecule has 0 bridgehead atoms.